The summed E-state index contributed by atoms with van der Waals surface area (Å²) in [6.45, 7) is 8.56. The molecule has 0 amide bonds. The van der Waals surface area contributed by atoms with E-state index in [0.29, 0.717) is 5.56 Å². The smallest absolute Gasteiger partial charge is 0.0991 e. The molecule has 0 spiro atoms. The van der Waals surface area contributed by atoms with Crippen LogP contribution in [0.25, 0.3) is 0 Å². The lowest BCUT2D eigenvalue weighted by Crippen LogP contribution is -2.37. The number of hydrogen-bond donors (Lipinski definition) is 1. The minimum absolute atomic E-state index is 0.188. The van der Waals surface area contributed by atoms with Crippen LogP contribution in [0.15, 0.2) is 24.3 Å². The van der Waals surface area contributed by atoms with E-state index < -0.39 is 0 Å². The van der Waals surface area contributed by atoms with Gasteiger partial charge in [-0.1, -0.05) is 0 Å². The monoisotopic (exact) mass is 245 g/mol. The normalized spacial score (nSPS) is 11.1. The van der Waals surface area contributed by atoms with Gasteiger partial charge in [-0.2, -0.15) is 5.26 Å². The van der Waals surface area contributed by atoms with Crippen molar-refractivity contribution in [3.63, 3.8) is 0 Å². The highest BCUT2D eigenvalue weighted by atomic mass is 15.1. The molecule has 0 aliphatic carbocycles. The van der Waals surface area contributed by atoms with Crippen LogP contribution in [0.3, 0.4) is 0 Å². The van der Waals surface area contributed by atoms with E-state index in [1.165, 1.54) is 0 Å². The summed E-state index contributed by atoms with van der Waals surface area (Å²) >= 11 is 0. The van der Waals surface area contributed by atoms with E-state index in [9.17, 15) is 0 Å². The number of hydrogen-bond acceptors (Lipinski definition) is 3. The summed E-state index contributed by atoms with van der Waals surface area (Å²) in [6, 6.07) is 9.85. The van der Waals surface area contributed by atoms with E-state index in [1.54, 1.807) is 0 Å². The Hall–Kier alpha value is -1.53. The average molecular weight is 245 g/mol. The van der Waals surface area contributed by atoms with Gasteiger partial charge in [0.05, 0.1) is 11.6 Å². The van der Waals surface area contributed by atoms with Crippen molar-refractivity contribution in [2.75, 3.05) is 25.0 Å². The van der Waals surface area contributed by atoms with Gasteiger partial charge in [0.25, 0.3) is 0 Å². The largest absolute Gasteiger partial charge is 0.375 e. The van der Waals surface area contributed by atoms with Crippen molar-refractivity contribution >= 4 is 5.69 Å². The van der Waals surface area contributed by atoms with Gasteiger partial charge in [-0.3, -0.25) is 0 Å². The molecule has 0 saturated heterocycles. The molecule has 3 heteroatoms. The first-order valence-corrected chi connectivity index (χ1v) is 6.39. The van der Waals surface area contributed by atoms with Gasteiger partial charge in [0.1, 0.15) is 0 Å². The lowest BCUT2D eigenvalue weighted by atomic mass is 10.1. The Morgan fingerprint density at radius 1 is 1.22 bits per heavy atom. The molecule has 0 heterocycles. The molecule has 1 rings (SSSR count). The molecule has 0 radical (unpaired) electrons. The third-order valence-corrected chi connectivity index (χ3v) is 2.76. The van der Waals surface area contributed by atoms with Crippen LogP contribution in [0.4, 0.5) is 5.69 Å². The van der Waals surface area contributed by atoms with E-state index >= 15 is 0 Å². The Balaban J connectivity index is 2.36. The third-order valence-electron chi connectivity index (χ3n) is 2.76. The lowest BCUT2D eigenvalue weighted by Gasteiger charge is -2.23. The molecule has 0 aliphatic rings. The summed E-state index contributed by atoms with van der Waals surface area (Å²) in [4.78, 5) is 2.21. The molecule has 3 nitrogen and oxygen atoms in total. The van der Waals surface area contributed by atoms with Crippen molar-refractivity contribution in [3.8, 4) is 6.07 Å². The van der Waals surface area contributed by atoms with E-state index in [0.717, 1.165) is 25.2 Å². The predicted molar refractivity (Wildman–Crippen MR) is 76.8 cm³/mol. The minimum atomic E-state index is 0.188. The zero-order valence-electron chi connectivity index (χ0n) is 11.8. The van der Waals surface area contributed by atoms with Gasteiger partial charge in [0.15, 0.2) is 0 Å². The molecule has 0 saturated carbocycles. The molecule has 0 fully saturated rings. The molecule has 0 unspecified atom stereocenters. The Morgan fingerprint density at radius 2 is 1.83 bits per heavy atom. The van der Waals surface area contributed by atoms with Gasteiger partial charge in [-0.05, 0) is 58.0 Å². The van der Waals surface area contributed by atoms with Crippen molar-refractivity contribution in [2.24, 2.45) is 0 Å². The van der Waals surface area contributed by atoms with Crippen molar-refractivity contribution in [1.82, 2.24) is 5.32 Å². The lowest BCUT2D eigenvalue weighted by molar-refractivity contribution is 0.423. The molecule has 1 aromatic rings. The maximum Gasteiger partial charge on any atom is 0.0991 e. The SMILES string of the molecule is CN(CCCNC(C)(C)C)c1ccc(C#N)cc1. The maximum absolute atomic E-state index is 8.74. The Bertz CT molecular complexity index is 395. The van der Waals surface area contributed by atoms with E-state index in [2.05, 4.69) is 44.1 Å². The minimum Gasteiger partial charge on any atom is -0.375 e. The number of nitrogens with zero attached hydrogens (tertiary/aromatic N) is 2. The molecule has 98 valence electrons. The van der Waals surface area contributed by atoms with Crippen LogP contribution in [0, 0.1) is 11.3 Å². The van der Waals surface area contributed by atoms with Crippen LogP contribution in [0.1, 0.15) is 32.8 Å². The zero-order chi connectivity index (χ0) is 13.6. The van der Waals surface area contributed by atoms with Gasteiger partial charge in [0, 0.05) is 24.8 Å². The highest BCUT2D eigenvalue weighted by Gasteiger charge is 2.07. The van der Waals surface area contributed by atoms with Crippen molar-refractivity contribution in [1.29, 1.82) is 5.26 Å². The van der Waals surface area contributed by atoms with Gasteiger partial charge >= 0.3 is 0 Å². The quantitative estimate of drug-likeness (QED) is 0.811. The van der Waals surface area contributed by atoms with Crippen LogP contribution in [-0.4, -0.2) is 25.7 Å². The van der Waals surface area contributed by atoms with Crippen LogP contribution < -0.4 is 10.2 Å². The van der Waals surface area contributed by atoms with E-state index in [4.69, 9.17) is 5.26 Å². The summed E-state index contributed by atoms with van der Waals surface area (Å²) < 4.78 is 0. The second-order valence-electron chi connectivity index (χ2n) is 5.61. The summed E-state index contributed by atoms with van der Waals surface area (Å²) in [5.74, 6) is 0. The third kappa shape index (κ3) is 5.20. The molecule has 0 aliphatic heterocycles. The number of nitrogens with one attached hydrogen (secondary N) is 1. The molecule has 0 atom stereocenters. The van der Waals surface area contributed by atoms with Crippen LogP contribution >= 0.6 is 0 Å². The van der Waals surface area contributed by atoms with Gasteiger partial charge < -0.3 is 10.2 Å². The highest BCUT2D eigenvalue weighted by molar-refractivity contribution is 5.48. The fourth-order valence-corrected chi connectivity index (χ4v) is 1.70. The maximum atomic E-state index is 8.74. The van der Waals surface area contributed by atoms with Gasteiger partial charge in [-0.15, -0.1) is 0 Å². The molecule has 0 aromatic heterocycles. The molecule has 0 bridgehead atoms. The first-order chi connectivity index (χ1) is 8.42. The summed E-state index contributed by atoms with van der Waals surface area (Å²) in [5.41, 5.74) is 2.05. The molecule has 1 N–H and O–H groups in total. The van der Waals surface area contributed by atoms with Crippen molar-refractivity contribution in [3.05, 3.63) is 29.8 Å². The Labute approximate surface area is 110 Å². The summed E-state index contributed by atoms with van der Waals surface area (Å²) in [6.07, 6.45) is 1.10. The first kappa shape index (κ1) is 14.5. The van der Waals surface area contributed by atoms with E-state index in [-0.39, 0.29) is 5.54 Å². The fourth-order valence-electron chi connectivity index (χ4n) is 1.70. The van der Waals surface area contributed by atoms with Crippen molar-refractivity contribution in [2.45, 2.75) is 32.7 Å². The second-order valence-corrected chi connectivity index (χ2v) is 5.61. The van der Waals surface area contributed by atoms with Crippen LogP contribution in [-0.2, 0) is 0 Å². The number of anilines is 1. The predicted octanol–water partition coefficient (Wildman–Crippen LogP) is 2.77. The highest BCUT2D eigenvalue weighted by Crippen LogP contribution is 2.13. The zero-order valence-corrected chi connectivity index (χ0v) is 11.8. The fraction of sp³-hybridized carbons (Fsp3) is 0.533. The molecular weight excluding hydrogens is 222 g/mol. The molecule has 18 heavy (non-hydrogen) atoms. The topological polar surface area (TPSA) is 39.1 Å². The van der Waals surface area contributed by atoms with E-state index in [1.807, 2.05) is 24.3 Å². The van der Waals surface area contributed by atoms with Gasteiger partial charge in [-0.25, -0.2) is 0 Å². The summed E-state index contributed by atoms with van der Waals surface area (Å²) in [5, 5.41) is 12.2. The second kappa shape index (κ2) is 6.42. The summed E-state index contributed by atoms with van der Waals surface area (Å²) in [7, 11) is 2.08. The van der Waals surface area contributed by atoms with Crippen LogP contribution in [0.2, 0.25) is 0 Å². The Kier molecular flexibility index (Phi) is 5.18. The first-order valence-electron chi connectivity index (χ1n) is 6.39. The standard InChI is InChI=1S/C15H23N3/c1-15(2,3)17-10-5-11-18(4)14-8-6-13(12-16)7-9-14/h6-9,17H,5,10-11H2,1-4H3. The van der Waals surface area contributed by atoms with Crippen molar-refractivity contribution < 1.29 is 0 Å². The van der Waals surface area contributed by atoms with Gasteiger partial charge in [0.2, 0.25) is 0 Å². The van der Waals surface area contributed by atoms with Crippen LogP contribution in [0.5, 0.6) is 0 Å². The Morgan fingerprint density at radius 3 is 2.33 bits per heavy atom. The molecular formula is C15H23N3. The number of nitriles is 1. The number of benzene rings is 1. The number of rotatable bonds is 5. The molecule has 1 aromatic carbocycles. The average Bonchev–Trinajstić information content (AvgIpc) is 2.33.